The lowest BCUT2D eigenvalue weighted by Crippen LogP contribution is -2.48. The fourth-order valence-corrected chi connectivity index (χ4v) is 6.34. The molecule has 5 heteroatoms. The third-order valence-electron chi connectivity index (χ3n) is 6.81. The normalized spacial score (nSPS) is 31.4. The van der Waals surface area contributed by atoms with E-state index in [-0.39, 0.29) is 5.91 Å². The molecule has 156 valence electrons. The molecule has 0 radical (unpaired) electrons. The molecule has 4 saturated carbocycles. The van der Waals surface area contributed by atoms with Gasteiger partial charge in [-0.15, -0.1) is 11.6 Å². The minimum atomic E-state index is 0.230. The number of ether oxygens (including phenoxy) is 2. The average molecular weight is 400 g/mol. The highest BCUT2D eigenvalue weighted by Crippen LogP contribution is 2.61. The molecule has 0 aromatic heterocycles. The predicted octanol–water partition coefficient (Wildman–Crippen LogP) is 4.54. The summed E-state index contributed by atoms with van der Waals surface area (Å²) >= 11 is 5.65. The highest BCUT2D eigenvalue weighted by Gasteiger charge is 2.51. The Morgan fingerprint density at radius 3 is 2.07 bits per heavy atom. The fourth-order valence-electron chi connectivity index (χ4n) is 6.15. The Morgan fingerprint density at radius 1 is 0.852 bits per heavy atom. The second-order valence-corrected chi connectivity index (χ2v) is 9.65. The molecule has 1 N–H and O–H groups in total. The van der Waals surface area contributed by atoms with Crippen LogP contribution in [0, 0.1) is 23.2 Å². The summed E-state index contributed by atoms with van der Waals surface area (Å²) in [4.78, 5) is 12.4. The summed E-state index contributed by atoms with van der Waals surface area (Å²) in [6.45, 7) is 3.23. The maximum atomic E-state index is 12.4. The van der Waals surface area contributed by atoms with Gasteiger partial charge < -0.3 is 14.8 Å². The first-order chi connectivity index (χ1) is 13.2. The molecule has 0 aromatic carbocycles. The van der Waals surface area contributed by atoms with Crippen molar-refractivity contribution >= 4 is 17.5 Å². The van der Waals surface area contributed by atoms with Crippen LogP contribution in [0.25, 0.3) is 0 Å². The monoisotopic (exact) mass is 399 g/mol. The molecule has 0 aliphatic heterocycles. The Kier molecular flexibility index (Phi) is 8.73. The summed E-state index contributed by atoms with van der Waals surface area (Å²) < 4.78 is 11.1. The lowest BCUT2D eigenvalue weighted by Gasteiger charge is -2.56. The van der Waals surface area contributed by atoms with Gasteiger partial charge in [0.25, 0.3) is 0 Å². The van der Waals surface area contributed by atoms with Crippen molar-refractivity contribution in [1.82, 2.24) is 5.32 Å². The molecule has 4 nitrogen and oxygen atoms in total. The molecule has 27 heavy (non-hydrogen) atoms. The molecule has 4 aliphatic rings. The molecule has 0 saturated heterocycles. The van der Waals surface area contributed by atoms with E-state index in [9.17, 15) is 4.79 Å². The number of alkyl halides is 1. The number of halogens is 1. The first-order valence-corrected chi connectivity index (χ1v) is 11.7. The van der Waals surface area contributed by atoms with E-state index >= 15 is 0 Å². The molecular formula is C22H38ClNO3. The Bertz CT molecular complexity index is 422. The first-order valence-electron chi connectivity index (χ1n) is 11.2. The van der Waals surface area contributed by atoms with Crippen molar-refractivity contribution in [2.75, 3.05) is 38.9 Å². The Balaban J connectivity index is 1.16. The zero-order chi connectivity index (χ0) is 19.0. The maximum Gasteiger partial charge on any atom is 0.220 e. The van der Waals surface area contributed by atoms with Gasteiger partial charge >= 0.3 is 0 Å². The molecule has 1 amide bonds. The van der Waals surface area contributed by atoms with Gasteiger partial charge in [0, 0.05) is 25.5 Å². The van der Waals surface area contributed by atoms with Crippen molar-refractivity contribution in [3.05, 3.63) is 0 Å². The molecule has 4 bridgehead atoms. The van der Waals surface area contributed by atoms with Gasteiger partial charge in [-0.1, -0.05) is 12.8 Å². The molecule has 0 atom stereocenters. The zero-order valence-corrected chi connectivity index (χ0v) is 17.6. The third-order valence-corrected chi connectivity index (χ3v) is 7.08. The maximum absolute atomic E-state index is 12.4. The Hall–Kier alpha value is -0.320. The van der Waals surface area contributed by atoms with Crippen molar-refractivity contribution in [2.24, 2.45) is 23.2 Å². The highest BCUT2D eigenvalue weighted by molar-refractivity contribution is 6.17. The predicted molar refractivity (Wildman–Crippen MR) is 109 cm³/mol. The van der Waals surface area contributed by atoms with Gasteiger partial charge in [0.1, 0.15) is 0 Å². The van der Waals surface area contributed by atoms with Gasteiger partial charge in [0.05, 0.1) is 19.8 Å². The molecule has 4 aliphatic carbocycles. The molecule has 0 heterocycles. The Labute approximate surface area is 170 Å². The van der Waals surface area contributed by atoms with E-state index in [1.807, 2.05) is 0 Å². The number of rotatable bonds is 14. The molecule has 0 aromatic rings. The lowest BCUT2D eigenvalue weighted by atomic mass is 9.49. The minimum absolute atomic E-state index is 0.230. The van der Waals surface area contributed by atoms with Crippen LogP contribution in [-0.4, -0.2) is 44.8 Å². The van der Waals surface area contributed by atoms with Crippen LogP contribution in [-0.2, 0) is 14.3 Å². The first kappa shape index (κ1) is 21.4. The van der Waals surface area contributed by atoms with E-state index in [1.54, 1.807) is 0 Å². The molecule has 0 spiro atoms. The van der Waals surface area contributed by atoms with Crippen molar-refractivity contribution in [1.29, 1.82) is 0 Å². The van der Waals surface area contributed by atoms with E-state index in [0.29, 0.717) is 31.8 Å². The van der Waals surface area contributed by atoms with Crippen LogP contribution < -0.4 is 5.32 Å². The van der Waals surface area contributed by atoms with E-state index in [1.165, 1.54) is 51.4 Å². The molecule has 4 fully saturated rings. The van der Waals surface area contributed by atoms with Gasteiger partial charge in [-0.25, -0.2) is 0 Å². The third kappa shape index (κ3) is 6.90. The zero-order valence-electron chi connectivity index (χ0n) is 16.9. The second-order valence-electron chi connectivity index (χ2n) is 9.27. The van der Waals surface area contributed by atoms with Crippen LogP contribution in [0.2, 0.25) is 0 Å². The van der Waals surface area contributed by atoms with Crippen molar-refractivity contribution in [2.45, 2.75) is 70.6 Å². The van der Waals surface area contributed by atoms with Crippen molar-refractivity contribution in [3.8, 4) is 0 Å². The number of carbonyl (C=O) groups excluding carboxylic acids is 1. The molecular weight excluding hydrogens is 362 g/mol. The number of unbranched alkanes of at least 4 members (excludes halogenated alkanes) is 3. The number of carbonyl (C=O) groups is 1. The SMILES string of the molecule is O=C(CC12CC3CC(CC(C3)C1)C2)NCCOCCOCCCCCCCl. The summed E-state index contributed by atoms with van der Waals surface area (Å²) in [5, 5.41) is 3.07. The van der Waals surface area contributed by atoms with Crippen LogP contribution >= 0.6 is 11.6 Å². The van der Waals surface area contributed by atoms with Crippen LogP contribution in [0.4, 0.5) is 0 Å². The highest BCUT2D eigenvalue weighted by atomic mass is 35.5. The smallest absolute Gasteiger partial charge is 0.220 e. The number of hydrogen-bond donors (Lipinski definition) is 1. The number of amides is 1. The summed E-state index contributed by atoms with van der Waals surface area (Å²) in [7, 11) is 0. The Morgan fingerprint density at radius 2 is 1.44 bits per heavy atom. The average Bonchev–Trinajstić information content (AvgIpc) is 2.61. The van der Waals surface area contributed by atoms with Gasteiger partial charge in [-0.3, -0.25) is 4.79 Å². The summed E-state index contributed by atoms with van der Waals surface area (Å²) in [6.07, 6.45) is 13.5. The topological polar surface area (TPSA) is 47.6 Å². The minimum Gasteiger partial charge on any atom is -0.379 e. The molecule has 0 unspecified atom stereocenters. The number of nitrogens with one attached hydrogen (secondary N) is 1. The lowest BCUT2D eigenvalue weighted by molar-refractivity contribution is -0.129. The van der Waals surface area contributed by atoms with Crippen molar-refractivity contribution < 1.29 is 14.3 Å². The van der Waals surface area contributed by atoms with Crippen LogP contribution in [0.5, 0.6) is 0 Å². The van der Waals surface area contributed by atoms with E-state index in [0.717, 1.165) is 49.5 Å². The fraction of sp³-hybridized carbons (Fsp3) is 0.955. The number of hydrogen-bond acceptors (Lipinski definition) is 3. The van der Waals surface area contributed by atoms with Crippen LogP contribution in [0.3, 0.4) is 0 Å². The van der Waals surface area contributed by atoms with E-state index in [2.05, 4.69) is 5.32 Å². The van der Waals surface area contributed by atoms with Crippen LogP contribution in [0.1, 0.15) is 70.6 Å². The summed E-state index contributed by atoms with van der Waals surface area (Å²) in [6, 6.07) is 0. The largest absolute Gasteiger partial charge is 0.379 e. The van der Waals surface area contributed by atoms with Gasteiger partial charge in [0.15, 0.2) is 0 Å². The van der Waals surface area contributed by atoms with Gasteiger partial charge in [-0.2, -0.15) is 0 Å². The van der Waals surface area contributed by atoms with Crippen molar-refractivity contribution in [3.63, 3.8) is 0 Å². The van der Waals surface area contributed by atoms with Gasteiger partial charge in [0.2, 0.25) is 5.91 Å². The van der Waals surface area contributed by atoms with E-state index < -0.39 is 0 Å². The van der Waals surface area contributed by atoms with Gasteiger partial charge in [-0.05, 0) is 74.5 Å². The second kappa shape index (κ2) is 11.0. The van der Waals surface area contributed by atoms with E-state index in [4.69, 9.17) is 21.1 Å². The van der Waals surface area contributed by atoms with Crippen LogP contribution in [0.15, 0.2) is 0 Å². The molecule has 4 rings (SSSR count). The quantitative estimate of drug-likeness (QED) is 0.344. The summed E-state index contributed by atoms with van der Waals surface area (Å²) in [5.41, 5.74) is 0.331. The standard InChI is InChI=1S/C22H38ClNO3/c23-5-3-1-2-4-7-26-9-10-27-8-6-24-21(25)17-22-14-18-11-19(15-22)13-20(12-18)16-22/h18-20H,1-17H2,(H,24,25). The summed E-state index contributed by atoms with van der Waals surface area (Å²) in [5.74, 6) is 3.72.